The lowest BCUT2D eigenvalue weighted by Crippen LogP contribution is -2.29. The highest BCUT2D eigenvalue weighted by Crippen LogP contribution is 2.24. The zero-order valence-corrected chi connectivity index (χ0v) is 11.7. The zero-order chi connectivity index (χ0) is 13.8. The quantitative estimate of drug-likeness (QED) is 0.775. The fourth-order valence-electron chi connectivity index (χ4n) is 2.57. The third kappa shape index (κ3) is 2.67. The van der Waals surface area contributed by atoms with Crippen LogP contribution >= 0.6 is 0 Å². The van der Waals surface area contributed by atoms with Gasteiger partial charge in [-0.1, -0.05) is 66.8 Å². The number of rotatable bonds is 3. The van der Waals surface area contributed by atoms with Crippen molar-refractivity contribution in [1.29, 1.82) is 0 Å². The lowest BCUT2D eigenvalue weighted by molar-refractivity contribution is 0.754. The summed E-state index contributed by atoms with van der Waals surface area (Å²) in [6.45, 7) is 0. The summed E-state index contributed by atoms with van der Waals surface area (Å²) >= 11 is 0. The SMILES string of the molecule is CN(c1ccc(-c2ccccc2)cc1)C1C=CC=CC1. The van der Waals surface area contributed by atoms with Gasteiger partial charge in [-0.25, -0.2) is 0 Å². The van der Waals surface area contributed by atoms with Crippen molar-refractivity contribution in [2.75, 3.05) is 11.9 Å². The minimum atomic E-state index is 0.461. The van der Waals surface area contributed by atoms with E-state index in [1.54, 1.807) is 0 Å². The zero-order valence-electron chi connectivity index (χ0n) is 11.7. The molecule has 20 heavy (non-hydrogen) atoms. The van der Waals surface area contributed by atoms with E-state index in [0.717, 1.165) is 6.42 Å². The van der Waals surface area contributed by atoms with Crippen molar-refractivity contribution < 1.29 is 0 Å². The van der Waals surface area contributed by atoms with Crippen molar-refractivity contribution in [3.05, 3.63) is 78.9 Å². The molecule has 0 amide bonds. The first-order valence-electron chi connectivity index (χ1n) is 7.06. The molecule has 100 valence electrons. The van der Waals surface area contributed by atoms with Gasteiger partial charge in [-0.05, 0) is 29.7 Å². The molecule has 1 nitrogen and oxygen atoms in total. The Kier molecular flexibility index (Phi) is 3.69. The number of allylic oxidation sites excluding steroid dienone is 2. The highest BCUT2D eigenvalue weighted by molar-refractivity contribution is 5.66. The predicted octanol–water partition coefficient (Wildman–Crippen LogP) is 4.67. The van der Waals surface area contributed by atoms with Gasteiger partial charge in [0.1, 0.15) is 0 Å². The third-order valence-corrected chi connectivity index (χ3v) is 3.84. The lowest BCUT2D eigenvalue weighted by atomic mass is 10.0. The van der Waals surface area contributed by atoms with Crippen LogP contribution in [0.2, 0.25) is 0 Å². The van der Waals surface area contributed by atoms with Gasteiger partial charge >= 0.3 is 0 Å². The van der Waals surface area contributed by atoms with Crippen LogP contribution in [0.25, 0.3) is 11.1 Å². The van der Waals surface area contributed by atoms with Crippen molar-refractivity contribution in [2.24, 2.45) is 0 Å². The Morgan fingerprint density at radius 1 is 0.850 bits per heavy atom. The molecular weight excluding hydrogens is 242 g/mol. The van der Waals surface area contributed by atoms with Crippen molar-refractivity contribution in [2.45, 2.75) is 12.5 Å². The van der Waals surface area contributed by atoms with E-state index in [1.807, 2.05) is 0 Å². The van der Waals surface area contributed by atoms with E-state index in [1.165, 1.54) is 16.8 Å². The van der Waals surface area contributed by atoms with E-state index < -0.39 is 0 Å². The summed E-state index contributed by atoms with van der Waals surface area (Å²) in [5.41, 5.74) is 3.79. The standard InChI is InChI=1S/C19H19N/c1-20(18-10-6-3-7-11-18)19-14-12-17(13-15-19)16-8-4-2-5-9-16/h2-10,12-15,18H,11H2,1H3. The largest absolute Gasteiger partial charge is 0.368 e. The fraction of sp³-hybridized carbons (Fsp3) is 0.158. The molecule has 1 unspecified atom stereocenters. The predicted molar refractivity (Wildman–Crippen MR) is 87.0 cm³/mol. The van der Waals surface area contributed by atoms with Gasteiger partial charge in [0, 0.05) is 12.7 Å². The molecule has 1 atom stereocenters. The van der Waals surface area contributed by atoms with Gasteiger partial charge in [0.25, 0.3) is 0 Å². The van der Waals surface area contributed by atoms with Gasteiger partial charge < -0.3 is 4.90 Å². The van der Waals surface area contributed by atoms with E-state index in [0.29, 0.717) is 6.04 Å². The molecule has 0 radical (unpaired) electrons. The molecular formula is C19H19N. The Hall–Kier alpha value is -2.28. The van der Waals surface area contributed by atoms with Crippen LogP contribution in [0.5, 0.6) is 0 Å². The second kappa shape index (κ2) is 5.79. The maximum Gasteiger partial charge on any atom is 0.0507 e. The molecule has 0 saturated carbocycles. The van der Waals surface area contributed by atoms with Crippen LogP contribution in [0.4, 0.5) is 5.69 Å². The van der Waals surface area contributed by atoms with Gasteiger partial charge in [0.05, 0.1) is 6.04 Å². The summed E-state index contributed by atoms with van der Waals surface area (Å²) in [6, 6.07) is 19.8. The number of benzene rings is 2. The van der Waals surface area contributed by atoms with E-state index in [2.05, 4.69) is 90.8 Å². The first-order valence-corrected chi connectivity index (χ1v) is 7.06. The number of likely N-dealkylation sites (N-methyl/N-ethyl adjacent to an activating group) is 1. The van der Waals surface area contributed by atoms with Gasteiger partial charge in [0.2, 0.25) is 0 Å². The molecule has 0 spiro atoms. The van der Waals surface area contributed by atoms with Gasteiger partial charge in [-0.3, -0.25) is 0 Å². The van der Waals surface area contributed by atoms with Crippen LogP contribution in [-0.4, -0.2) is 13.1 Å². The van der Waals surface area contributed by atoms with Gasteiger partial charge in [0.15, 0.2) is 0 Å². The normalized spacial score (nSPS) is 17.1. The second-order valence-corrected chi connectivity index (χ2v) is 5.14. The topological polar surface area (TPSA) is 3.24 Å². The molecule has 0 N–H and O–H groups in total. The molecule has 3 rings (SSSR count). The van der Waals surface area contributed by atoms with Gasteiger partial charge in [-0.15, -0.1) is 0 Å². The summed E-state index contributed by atoms with van der Waals surface area (Å²) in [5.74, 6) is 0. The molecule has 1 aliphatic carbocycles. The maximum atomic E-state index is 2.33. The highest BCUT2D eigenvalue weighted by Gasteiger charge is 2.12. The summed E-state index contributed by atoms with van der Waals surface area (Å²) in [5, 5.41) is 0. The van der Waals surface area contributed by atoms with Crippen LogP contribution in [0.3, 0.4) is 0 Å². The van der Waals surface area contributed by atoms with Crippen molar-refractivity contribution in [1.82, 2.24) is 0 Å². The lowest BCUT2D eigenvalue weighted by Gasteiger charge is -2.28. The average molecular weight is 261 g/mol. The van der Waals surface area contributed by atoms with E-state index in [4.69, 9.17) is 0 Å². The minimum Gasteiger partial charge on any atom is -0.368 e. The van der Waals surface area contributed by atoms with Crippen LogP contribution in [-0.2, 0) is 0 Å². The van der Waals surface area contributed by atoms with Crippen LogP contribution in [0.1, 0.15) is 6.42 Å². The molecule has 0 bridgehead atoms. The summed E-state index contributed by atoms with van der Waals surface area (Å²) < 4.78 is 0. The van der Waals surface area contributed by atoms with E-state index >= 15 is 0 Å². The van der Waals surface area contributed by atoms with E-state index in [9.17, 15) is 0 Å². The summed E-state index contributed by atoms with van der Waals surface area (Å²) in [6.07, 6.45) is 9.80. The fourth-order valence-corrected chi connectivity index (χ4v) is 2.57. The van der Waals surface area contributed by atoms with Crippen LogP contribution in [0.15, 0.2) is 78.9 Å². The molecule has 2 aromatic rings. The van der Waals surface area contributed by atoms with Crippen molar-refractivity contribution in [3.63, 3.8) is 0 Å². The Bertz CT molecular complexity index is 608. The first-order chi connectivity index (χ1) is 9.84. The molecule has 0 heterocycles. The molecule has 0 aliphatic heterocycles. The van der Waals surface area contributed by atoms with Gasteiger partial charge in [-0.2, -0.15) is 0 Å². The summed E-state index contributed by atoms with van der Waals surface area (Å²) in [7, 11) is 2.16. The molecule has 0 saturated heterocycles. The Labute approximate surface area is 120 Å². The minimum absolute atomic E-state index is 0.461. The Morgan fingerprint density at radius 3 is 2.20 bits per heavy atom. The second-order valence-electron chi connectivity index (χ2n) is 5.14. The Balaban J connectivity index is 1.79. The van der Waals surface area contributed by atoms with Crippen LogP contribution < -0.4 is 4.90 Å². The Morgan fingerprint density at radius 2 is 1.55 bits per heavy atom. The highest BCUT2D eigenvalue weighted by atomic mass is 15.1. The number of nitrogens with zero attached hydrogens (tertiary/aromatic N) is 1. The monoisotopic (exact) mass is 261 g/mol. The molecule has 1 heteroatoms. The first kappa shape index (κ1) is 12.7. The average Bonchev–Trinajstić information content (AvgIpc) is 2.56. The van der Waals surface area contributed by atoms with Crippen LogP contribution in [0, 0.1) is 0 Å². The number of hydrogen-bond donors (Lipinski definition) is 0. The number of hydrogen-bond acceptors (Lipinski definition) is 1. The third-order valence-electron chi connectivity index (χ3n) is 3.84. The van der Waals surface area contributed by atoms with Crippen molar-refractivity contribution >= 4 is 5.69 Å². The van der Waals surface area contributed by atoms with E-state index in [-0.39, 0.29) is 0 Å². The number of anilines is 1. The molecule has 1 aliphatic rings. The molecule has 0 aromatic heterocycles. The smallest absolute Gasteiger partial charge is 0.0507 e. The van der Waals surface area contributed by atoms with Crippen molar-refractivity contribution in [3.8, 4) is 11.1 Å². The molecule has 2 aromatic carbocycles. The maximum absolute atomic E-state index is 2.33. The summed E-state index contributed by atoms with van der Waals surface area (Å²) in [4.78, 5) is 2.33. The molecule has 0 fully saturated rings.